The standard InChI is InChI=1S/C23H46O5Si/c1-17(19(24)27-21(2,3)4)16-18(20(25)28-22(5,6)7)14-13-15-26-29(11,12)23(8,9)10/h17-18H,13-16H2,1-12H3/t17-,18-/m0/s1. The fourth-order valence-corrected chi connectivity index (χ4v) is 3.60. The predicted molar refractivity (Wildman–Crippen MR) is 121 cm³/mol. The largest absolute Gasteiger partial charge is 0.460 e. The molecule has 2 atom stereocenters. The zero-order valence-electron chi connectivity index (χ0n) is 21.0. The van der Waals surface area contributed by atoms with Crippen LogP contribution in [0.15, 0.2) is 0 Å². The van der Waals surface area contributed by atoms with Crippen molar-refractivity contribution in [2.75, 3.05) is 6.61 Å². The molecule has 0 aromatic heterocycles. The Bertz CT molecular complexity index is 535. The lowest BCUT2D eigenvalue weighted by molar-refractivity contribution is -0.164. The summed E-state index contributed by atoms with van der Waals surface area (Å²) in [5, 5.41) is 0.156. The molecule has 0 aromatic rings. The maximum absolute atomic E-state index is 12.7. The van der Waals surface area contributed by atoms with E-state index in [0.29, 0.717) is 19.4 Å². The normalized spacial score (nSPS) is 15.6. The van der Waals surface area contributed by atoms with Crippen LogP contribution < -0.4 is 0 Å². The molecule has 0 radical (unpaired) electrons. The summed E-state index contributed by atoms with van der Waals surface area (Å²) in [5.41, 5.74) is -1.09. The number of hydrogen-bond donors (Lipinski definition) is 0. The van der Waals surface area contributed by atoms with Gasteiger partial charge in [0.25, 0.3) is 0 Å². The van der Waals surface area contributed by atoms with Crippen LogP contribution in [0, 0.1) is 11.8 Å². The minimum absolute atomic E-state index is 0.156. The van der Waals surface area contributed by atoms with Crippen molar-refractivity contribution in [3.63, 3.8) is 0 Å². The van der Waals surface area contributed by atoms with Gasteiger partial charge in [-0.2, -0.15) is 0 Å². The van der Waals surface area contributed by atoms with E-state index in [2.05, 4.69) is 33.9 Å². The van der Waals surface area contributed by atoms with Crippen molar-refractivity contribution in [3.05, 3.63) is 0 Å². The van der Waals surface area contributed by atoms with E-state index in [0.717, 1.165) is 6.42 Å². The summed E-state index contributed by atoms with van der Waals surface area (Å²) in [7, 11) is -1.81. The van der Waals surface area contributed by atoms with Crippen LogP contribution in [0.25, 0.3) is 0 Å². The third kappa shape index (κ3) is 11.8. The van der Waals surface area contributed by atoms with E-state index in [1.165, 1.54) is 0 Å². The SMILES string of the molecule is C[C@@H](C[C@H](CCCO[Si](C)(C)C(C)(C)C)C(=O)OC(C)(C)C)C(=O)OC(C)(C)C. The third-order valence-corrected chi connectivity index (χ3v) is 9.69. The monoisotopic (exact) mass is 430 g/mol. The molecule has 0 aliphatic carbocycles. The van der Waals surface area contributed by atoms with Gasteiger partial charge in [-0.1, -0.05) is 27.7 Å². The molecule has 0 fully saturated rings. The molecule has 0 aliphatic rings. The van der Waals surface area contributed by atoms with E-state index in [4.69, 9.17) is 13.9 Å². The lowest BCUT2D eigenvalue weighted by Gasteiger charge is -2.36. The molecule has 6 heteroatoms. The van der Waals surface area contributed by atoms with Gasteiger partial charge in [0.1, 0.15) is 11.2 Å². The average molecular weight is 431 g/mol. The first-order valence-electron chi connectivity index (χ1n) is 10.8. The minimum Gasteiger partial charge on any atom is -0.460 e. The van der Waals surface area contributed by atoms with Gasteiger partial charge < -0.3 is 13.9 Å². The van der Waals surface area contributed by atoms with Crippen LogP contribution in [0.5, 0.6) is 0 Å². The van der Waals surface area contributed by atoms with Crippen LogP contribution in [-0.2, 0) is 23.5 Å². The van der Waals surface area contributed by atoms with E-state index in [1.807, 2.05) is 48.5 Å². The second-order valence-corrected chi connectivity index (χ2v) is 16.5. The molecule has 0 amide bonds. The molecule has 0 spiro atoms. The van der Waals surface area contributed by atoms with Gasteiger partial charge >= 0.3 is 11.9 Å². The second-order valence-electron chi connectivity index (χ2n) is 11.7. The predicted octanol–water partition coefficient (Wildman–Crippen LogP) is 6.11. The molecule has 0 aromatic carbocycles. The zero-order valence-corrected chi connectivity index (χ0v) is 22.0. The highest BCUT2D eigenvalue weighted by molar-refractivity contribution is 6.74. The van der Waals surface area contributed by atoms with E-state index in [-0.39, 0.29) is 28.8 Å². The molecule has 29 heavy (non-hydrogen) atoms. The third-order valence-electron chi connectivity index (χ3n) is 5.15. The van der Waals surface area contributed by atoms with Gasteiger partial charge in [-0.25, -0.2) is 0 Å². The Balaban J connectivity index is 4.99. The highest BCUT2D eigenvalue weighted by Crippen LogP contribution is 2.36. The first-order valence-corrected chi connectivity index (χ1v) is 13.8. The summed E-state index contributed by atoms with van der Waals surface area (Å²) in [6.07, 6.45) is 1.82. The highest BCUT2D eigenvalue weighted by atomic mass is 28.4. The van der Waals surface area contributed by atoms with Crippen LogP contribution in [0.1, 0.15) is 88.5 Å². The molecule has 0 heterocycles. The lowest BCUT2D eigenvalue weighted by Crippen LogP contribution is -2.41. The Kier molecular flexibility index (Phi) is 10.1. The van der Waals surface area contributed by atoms with Crippen molar-refractivity contribution < 1.29 is 23.5 Å². The second kappa shape index (κ2) is 10.4. The van der Waals surface area contributed by atoms with E-state index >= 15 is 0 Å². The molecule has 0 rings (SSSR count). The molecule has 0 saturated heterocycles. The van der Waals surface area contributed by atoms with E-state index in [1.54, 1.807) is 0 Å². The number of carbonyl (C=O) groups is 2. The van der Waals surface area contributed by atoms with Crippen LogP contribution in [-0.4, -0.2) is 38.1 Å². The molecular formula is C23H46O5Si. The molecule has 0 N–H and O–H groups in total. The maximum atomic E-state index is 12.7. The number of esters is 2. The fourth-order valence-electron chi connectivity index (χ4n) is 2.52. The van der Waals surface area contributed by atoms with Crippen molar-refractivity contribution in [1.82, 2.24) is 0 Å². The van der Waals surface area contributed by atoms with Crippen molar-refractivity contribution in [3.8, 4) is 0 Å². The summed E-state index contributed by atoms with van der Waals surface area (Å²) < 4.78 is 17.3. The Hall–Kier alpha value is -0.883. The van der Waals surface area contributed by atoms with Crippen LogP contribution in [0.2, 0.25) is 18.1 Å². The van der Waals surface area contributed by atoms with Gasteiger partial charge in [-0.3, -0.25) is 9.59 Å². The first kappa shape index (κ1) is 28.1. The van der Waals surface area contributed by atoms with Gasteiger partial charge in [-0.05, 0) is 78.9 Å². The van der Waals surface area contributed by atoms with Crippen molar-refractivity contribution in [2.45, 2.75) is 118 Å². The number of hydrogen-bond acceptors (Lipinski definition) is 5. The number of carbonyl (C=O) groups excluding carboxylic acids is 2. The van der Waals surface area contributed by atoms with E-state index < -0.39 is 19.5 Å². The van der Waals surface area contributed by atoms with Crippen LogP contribution >= 0.6 is 0 Å². The number of rotatable bonds is 9. The van der Waals surface area contributed by atoms with Gasteiger partial charge in [-0.15, -0.1) is 0 Å². The van der Waals surface area contributed by atoms with Gasteiger partial charge in [0, 0.05) is 6.61 Å². The average Bonchev–Trinajstić information content (AvgIpc) is 2.45. The Morgan fingerprint density at radius 1 is 0.828 bits per heavy atom. The molecule has 0 aliphatic heterocycles. The summed E-state index contributed by atoms with van der Waals surface area (Å²) in [5.74, 6) is -1.24. The lowest BCUT2D eigenvalue weighted by atomic mass is 9.91. The Labute approximate surface area is 180 Å². The van der Waals surface area contributed by atoms with Gasteiger partial charge in [0.15, 0.2) is 8.32 Å². The number of ether oxygens (including phenoxy) is 2. The minimum atomic E-state index is -1.81. The van der Waals surface area contributed by atoms with Crippen molar-refractivity contribution in [2.24, 2.45) is 11.8 Å². The highest BCUT2D eigenvalue weighted by Gasteiger charge is 2.37. The fraction of sp³-hybridized carbons (Fsp3) is 0.913. The molecular weight excluding hydrogens is 384 g/mol. The summed E-state index contributed by atoms with van der Waals surface area (Å²) in [6.45, 7) is 24.7. The van der Waals surface area contributed by atoms with Gasteiger partial charge in [0.05, 0.1) is 11.8 Å². The Morgan fingerprint density at radius 2 is 1.28 bits per heavy atom. The van der Waals surface area contributed by atoms with Crippen molar-refractivity contribution in [1.29, 1.82) is 0 Å². The molecule has 0 unspecified atom stereocenters. The molecule has 0 saturated carbocycles. The van der Waals surface area contributed by atoms with Crippen molar-refractivity contribution >= 4 is 20.3 Å². The maximum Gasteiger partial charge on any atom is 0.309 e. The summed E-state index contributed by atoms with van der Waals surface area (Å²) in [4.78, 5) is 25.1. The first-order chi connectivity index (χ1) is 12.8. The smallest absolute Gasteiger partial charge is 0.309 e. The summed E-state index contributed by atoms with van der Waals surface area (Å²) >= 11 is 0. The van der Waals surface area contributed by atoms with Gasteiger partial charge in [0.2, 0.25) is 0 Å². The van der Waals surface area contributed by atoms with Crippen LogP contribution in [0.4, 0.5) is 0 Å². The topological polar surface area (TPSA) is 61.8 Å². The molecule has 5 nitrogen and oxygen atoms in total. The quantitative estimate of drug-likeness (QED) is 0.251. The summed E-state index contributed by atoms with van der Waals surface area (Å²) in [6, 6.07) is 0. The van der Waals surface area contributed by atoms with Crippen LogP contribution in [0.3, 0.4) is 0 Å². The molecule has 172 valence electrons. The Morgan fingerprint density at radius 3 is 1.69 bits per heavy atom. The molecule has 0 bridgehead atoms. The van der Waals surface area contributed by atoms with E-state index in [9.17, 15) is 9.59 Å². The zero-order chi connectivity index (χ0) is 23.3.